The molecule has 3 N–H and O–H groups in total. The van der Waals surface area contributed by atoms with Crippen molar-refractivity contribution in [1.82, 2.24) is 10.3 Å². The molecular formula is C38H28Cl2N4O3S2. The fourth-order valence-corrected chi connectivity index (χ4v) is 7.28. The molecular weight excluding hydrogens is 695 g/mol. The molecule has 0 aliphatic carbocycles. The van der Waals surface area contributed by atoms with Gasteiger partial charge < -0.3 is 16.0 Å². The van der Waals surface area contributed by atoms with Crippen LogP contribution >= 0.6 is 46.3 Å². The second-order valence-electron chi connectivity index (χ2n) is 10.9. The van der Waals surface area contributed by atoms with Crippen LogP contribution in [0.3, 0.4) is 0 Å². The van der Waals surface area contributed by atoms with E-state index in [0.29, 0.717) is 32.0 Å². The normalized spacial score (nSPS) is 11.9. The summed E-state index contributed by atoms with van der Waals surface area (Å²) in [5, 5.41) is 9.30. The van der Waals surface area contributed by atoms with E-state index in [2.05, 4.69) is 27.0 Å². The van der Waals surface area contributed by atoms with Gasteiger partial charge in [0.15, 0.2) is 5.13 Å². The maximum Gasteiger partial charge on any atom is 0.272 e. The molecule has 7 nitrogen and oxygen atoms in total. The molecule has 6 rings (SSSR count). The maximum atomic E-state index is 13.7. The van der Waals surface area contributed by atoms with Gasteiger partial charge in [0.2, 0.25) is 5.91 Å². The van der Waals surface area contributed by atoms with E-state index in [0.717, 1.165) is 26.2 Å². The molecule has 0 fully saturated rings. The summed E-state index contributed by atoms with van der Waals surface area (Å²) in [5.74, 6) is -1.21. The Hall–Kier alpha value is -4.93. The number of amides is 3. The Kier molecular flexibility index (Phi) is 10.8. The molecule has 1 atom stereocenters. The predicted octanol–water partition coefficient (Wildman–Crippen LogP) is 9.79. The number of thioether (sulfide) groups is 1. The minimum atomic E-state index is -0.567. The molecule has 0 aliphatic rings. The van der Waals surface area contributed by atoms with E-state index in [9.17, 15) is 14.4 Å². The first kappa shape index (κ1) is 34.0. The van der Waals surface area contributed by atoms with Gasteiger partial charge in [-0.25, -0.2) is 4.98 Å². The Bertz CT molecular complexity index is 2170. The van der Waals surface area contributed by atoms with Crippen LogP contribution in [0.15, 0.2) is 132 Å². The number of aromatic nitrogens is 1. The molecule has 6 aromatic rings. The Labute approximate surface area is 301 Å². The standard InChI is InChI=1S/C38H28Cl2N4O3S2/c1-23-12-19-31-33(20-23)49-38(43-31)44-37(47)34(24-8-4-2-5-9-24)48-29-17-15-28(16-18-29)41-36(46)32(21-26-13-14-27(39)22-30(26)40)42-35(45)25-10-6-3-7-11-25/h2-22,34H,1H3,(H,41,46)(H,42,45)(H,43,44,47)/b32-21-. The zero-order valence-corrected chi connectivity index (χ0v) is 29.1. The van der Waals surface area contributed by atoms with Crippen molar-refractivity contribution < 1.29 is 14.4 Å². The van der Waals surface area contributed by atoms with Gasteiger partial charge in [0.05, 0.1) is 10.2 Å². The van der Waals surface area contributed by atoms with Crippen molar-refractivity contribution in [2.24, 2.45) is 0 Å². The lowest BCUT2D eigenvalue weighted by Gasteiger charge is -2.17. The monoisotopic (exact) mass is 722 g/mol. The fraction of sp³-hybridized carbons (Fsp3) is 0.0526. The van der Waals surface area contributed by atoms with Crippen molar-refractivity contribution in [3.8, 4) is 0 Å². The molecule has 0 saturated heterocycles. The molecule has 11 heteroatoms. The van der Waals surface area contributed by atoms with Gasteiger partial charge in [-0.3, -0.25) is 14.4 Å². The zero-order chi connectivity index (χ0) is 34.3. The lowest BCUT2D eigenvalue weighted by Crippen LogP contribution is -2.30. The molecule has 0 saturated carbocycles. The molecule has 3 amide bonds. The number of thiazole rings is 1. The highest BCUT2D eigenvalue weighted by Gasteiger charge is 2.24. The third-order valence-electron chi connectivity index (χ3n) is 7.27. The van der Waals surface area contributed by atoms with Crippen LogP contribution in [0.25, 0.3) is 16.3 Å². The van der Waals surface area contributed by atoms with E-state index in [1.54, 1.807) is 60.7 Å². The van der Waals surface area contributed by atoms with Gasteiger partial charge in [-0.1, -0.05) is 95.2 Å². The lowest BCUT2D eigenvalue weighted by atomic mass is 10.1. The summed E-state index contributed by atoms with van der Waals surface area (Å²) in [5.41, 5.74) is 4.17. The number of rotatable bonds is 10. The largest absolute Gasteiger partial charge is 0.321 e. The summed E-state index contributed by atoms with van der Waals surface area (Å²) >= 11 is 15.3. The van der Waals surface area contributed by atoms with Gasteiger partial charge in [0.1, 0.15) is 10.9 Å². The van der Waals surface area contributed by atoms with Crippen molar-refractivity contribution in [1.29, 1.82) is 0 Å². The predicted molar refractivity (Wildman–Crippen MR) is 201 cm³/mol. The number of hydrogen-bond donors (Lipinski definition) is 3. The van der Waals surface area contributed by atoms with Gasteiger partial charge in [-0.15, -0.1) is 11.8 Å². The van der Waals surface area contributed by atoms with Gasteiger partial charge >= 0.3 is 0 Å². The molecule has 0 radical (unpaired) electrons. The number of carbonyl (C=O) groups is 3. The van der Waals surface area contributed by atoms with Crippen molar-refractivity contribution >= 4 is 91.1 Å². The Morgan fingerprint density at radius 3 is 2.24 bits per heavy atom. The minimum Gasteiger partial charge on any atom is -0.321 e. The van der Waals surface area contributed by atoms with E-state index in [4.69, 9.17) is 23.2 Å². The topological polar surface area (TPSA) is 100 Å². The number of nitrogens with one attached hydrogen (secondary N) is 3. The van der Waals surface area contributed by atoms with Gasteiger partial charge in [0, 0.05) is 26.2 Å². The minimum absolute atomic E-state index is 0.0117. The Morgan fingerprint density at radius 1 is 0.816 bits per heavy atom. The summed E-state index contributed by atoms with van der Waals surface area (Å²) in [6, 6.07) is 36.1. The number of carbonyl (C=O) groups excluding carboxylic acids is 3. The van der Waals surface area contributed by atoms with Crippen LogP contribution in [-0.2, 0) is 9.59 Å². The molecule has 0 spiro atoms. The molecule has 1 aromatic heterocycles. The first-order valence-electron chi connectivity index (χ1n) is 15.1. The van der Waals surface area contributed by atoms with E-state index >= 15 is 0 Å². The maximum absolute atomic E-state index is 13.7. The van der Waals surface area contributed by atoms with E-state index in [1.807, 2.05) is 61.5 Å². The summed E-state index contributed by atoms with van der Waals surface area (Å²) in [4.78, 5) is 45.6. The molecule has 0 bridgehead atoms. The van der Waals surface area contributed by atoms with Gasteiger partial charge in [-0.05, 0) is 90.4 Å². The van der Waals surface area contributed by atoms with Crippen LogP contribution in [0.5, 0.6) is 0 Å². The summed E-state index contributed by atoms with van der Waals surface area (Å²) < 4.78 is 1.01. The van der Waals surface area contributed by atoms with Gasteiger partial charge in [-0.2, -0.15) is 0 Å². The van der Waals surface area contributed by atoms with Crippen molar-refractivity contribution in [2.45, 2.75) is 17.1 Å². The van der Waals surface area contributed by atoms with Crippen LogP contribution in [0.1, 0.15) is 32.3 Å². The fourth-order valence-electron chi connectivity index (χ4n) is 4.82. The highest BCUT2D eigenvalue weighted by Crippen LogP contribution is 2.37. The first-order chi connectivity index (χ1) is 23.7. The molecule has 0 aliphatic heterocycles. The third-order valence-corrected chi connectivity index (χ3v) is 10.0. The molecule has 1 heterocycles. The number of anilines is 2. The quantitative estimate of drug-likeness (QED) is 0.0966. The lowest BCUT2D eigenvalue weighted by molar-refractivity contribution is -0.116. The highest BCUT2D eigenvalue weighted by atomic mass is 35.5. The molecule has 1 unspecified atom stereocenters. The molecule has 49 heavy (non-hydrogen) atoms. The zero-order valence-electron chi connectivity index (χ0n) is 25.9. The van der Waals surface area contributed by atoms with Crippen molar-refractivity contribution in [3.05, 3.63) is 159 Å². The third kappa shape index (κ3) is 8.76. The van der Waals surface area contributed by atoms with Gasteiger partial charge in [0.25, 0.3) is 11.8 Å². The van der Waals surface area contributed by atoms with Crippen LogP contribution in [-0.4, -0.2) is 22.7 Å². The average molecular weight is 724 g/mol. The van der Waals surface area contributed by atoms with E-state index < -0.39 is 17.1 Å². The Balaban J connectivity index is 1.19. The summed E-state index contributed by atoms with van der Waals surface area (Å²) in [7, 11) is 0. The number of halogens is 2. The smallest absolute Gasteiger partial charge is 0.272 e. The average Bonchev–Trinajstić information content (AvgIpc) is 3.50. The number of aryl methyl sites for hydroxylation is 1. The number of benzene rings is 5. The number of nitrogens with zero attached hydrogens (tertiary/aromatic N) is 1. The highest BCUT2D eigenvalue weighted by molar-refractivity contribution is 8.00. The number of fused-ring (bicyclic) bond motifs is 1. The first-order valence-corrected chi connectivity index (χ1v) is 17.5. The van der Waals surface area contributed by atoms with Crippen LogP contribution < -0.4 is 16.0 Å². The SMILES string of the molecule is Cc1ccc2nc(NC(=O)C(Sc3ccc(NC(=O)/C(=C/c4ccc(Cl)cc4Cl)NC(=O)c4ccccc4)cc3)c3ccccc3)sc2c1. The van der Waals surface area contributed by atoms with Crippen LogP contribution in [0, 0.1) is 6.92 Å². The van der Waals surface area contributed by atoms with Crippen LogP contribution in [0.2, 0.25) is 10.0 Å². The van der Waals surface area contributed by atoms with Crippen molar-refractivity contribution in [3.63, 3.8) is 0 Å². The van der Waals surface area contributed by atoms with E-state index in [-0.39, 0.29) is 11.6 Å². The second kappa shape index (κ2) is 15.5. The Morgan fingerprint density at radius 2 is 1.53 bits per heavy atom. The van der Waals surface area contributed by atoms with E-state index in [1.165, 1.54) is 29.2 Å². The summed E-state index contributed by atoms with van der Waals surface area (Å²) in [6.07, 6.45) is 1.49. The van der Waals surface area contributed by atoms with Crippen LogP contribution in [0.4, 0.5) is 10.8 Å². The second-order valence-corrected chi connectivity index (χ2v) is 14.0. The number of hydrogen-bond acceptors (Lipinski definition) is 6. The summed E-state index contributed by atoms with van der Waals surface area (Å²) in [6.45, 7) is 2.02. The molecule has 244 valence electrons. The van der Waals surface area contributed by atoms with Crippen molar-refractivity contribution in [2.75, 3.05) is 10.6 Å². The molecule has 5 aromatic carbocycles.